The Labute approximate surface area is 147 Å². The molecule has 2 N–H and O–H groups in total. The first-order valence-electron chi connectivity index (χ1n) is 8.31. The summed E-state index contributed by atoms with van der Waals surface area (Å²) < 4.78 is 0. The van der Waals surface area contributed by atoms with Crippen molar-refractivity contribution in [2.45, 2.75) is 38.3 Å². The van der Waals surface area contributed by atoms with Crippen LogP contribution in [0.15, 0.2) is 18.2 Å². The van der Waals surface area contributed by atoms with Gasteiger partial charge in [-0.15, -0.1) is 0 Å². The number of benzene rings is 1. The van der Waals surface area contributed by atoms with E-state index in [1.54, 1.807) is 12.1 Å². The van der Waals surface area contributed by atoms with Crippen LogP contribution < -0.4 is 5.32 Å². The predicted molar refractivity (Wildman–Crippen MR) is 92.7 cm³/mol. The molecule has 1 unspecified atom stereocenters. The van der Waals surface area contributed by atoms with Gasteiger partial charge >= 0.3 is 0 Å². The first kappa shape index (κ1) is 18.7. The van der Waals surface area contributed by atoms with E-state index in [0.717, 1.165) is 17.4 Å². The van der Waals surface area contributed by atoms with Gasteiger partial charge in [0.25, 0.3) is 5.91 Å². The molecule has 0 radical (unpaired) electrons. The third-order valence-corrected chi connectivity index (χ3v) is 4.11. The minimum Gasteiger partial charge on any atom is -0.396 e. The molecule has 6 nitrogen and oxygen atoms in total. The van der Waals surface area contributed by atoms with Gasteiger partial charge in [0.05, 0.1) is 0 Å². The summed E-state index contributed by atoms with van der Waals surface area (Å²) in [5.74, 6) is 5.53. The second kappa shape index (κ2) is 9.00. The fourth-order valence-corrected chi connectivity index (χ4v) is 2.83. The first-order valence-corrected chi connectivity index (χ1v) is 8.31. The van der Waals surface area contributed by atoms with Gasteiger partial charge in [0.2, 0.25) is 5.91 Å². The second-order valence-electron chi connectivity index (χ2n) is 5.81. The highest BCUT2D eigenvalue weighted by Gasteiger charge is 2.35. The molecule has 1 aliphatic heterocycles. The number of hydrogen-bond donors (Lipinski definition) is 2. The van der Waals surface area contributed by atoms with Crippen molar-refractivity contribution in [2.75, 3.05) is 13.7 Å². The Morgan fingerprint density at radius 1 is 1.48 bits per heavy atom. The van der Waals surface area contributed by atoms with Crippen molar-refractivity contribution in [3.05, 3.63) is 34.9 Å². The van der Waals surface area contributed by atoms with Crippen LogP contribution in [0.3, 0.4) is 0 Å². The molecule has 0 saturated carbocycles. The van der Waals surface area contributed by atoms with Crippen LogP contribution >= 0.6 is 0 Å². The zero-order chi connectivity index (χ0) is 18.2. The van der Waals surface area contributed by atoms with Gasteiger partial charge in [-0.3, -0.25) is 9.59 Å². The fraction of sp³-hybridized carbons (Fsp3) is 0.421. The lowest BCUT2D eigenvalue weighted by Crippen LogP contribution is -2.46. The summed E-state index contributed by atoms with van der Waals surface area (Å²) in [4.78, 5) is 36.9. The number of unbranched alkanes of at least 4 members (excludes halogenated alkanes) is 1. The average Bonchev–Trinajstić information content (AvgIpc) is 2.95. The Balaban J connectivity index is 2.19. The van der Waals surface area contributed by atoms with E-state index < -0.39 is 6.04 Å². The van der Waals surface area contributed by atoms with Gasteiger partial charge in [0, 0.05) is 44.2 Å². The average molecular weight is 342 g/mol. The van der Waals surface area contributed by atoms with Crippen LogP contribution in [-0.2, 0) is 16.1 Å². The van der Waals surface area contributed by atoms with E-state index in [4.69, 9.17) is 5.11 Å². The maximum absolute atomic E-state index is 12.6. The standard InChI is InChI=1S/C19H22N2O4/c1-20-18(24)17(7-5-11-23)21-13-15-12-14(6-3-2-4-10-22)8-9-16(15)19(21)25/h8-9,11-12,17,22H,2,4-5,7,10,13H2,1H3,(H,20,24). The molecule has 0 aromatic heterocycles. The summed E-state index contributed by atoms with van der Waals surface area (Å²) in [6, 6.07) is 4.72. The van der Waals surface area contributed by atoms with E-state index in [-0.39, 0.29) is 24.8 Å². The van der Waals surface area contributed by atoms with Gasteiger partial charge in [-0.25, -0.2) is 0 Å². The molecule has 0 aliphatic carbocycles. The lowest BCUT2D eigenvalue weighted by atomic mass is 10.1. The quantitative estimate of drug-likeness (QED) is 0.437. The lowest BCUT2D eigenvalue weighted by Gasteiger charge is -2.25. The van der Waals surface area contributed by atoms with Crippen LogP contribution in [0.5, 0.6) is 0 Å². The molecule has 1 heterocycles. The van der Waals surface area contributed by atoms with Crippen molar-refractivity contribution in [1.29, 1.82) is 0 Å². The zero-order valence-corrected chi connectivity index (χ0v) is 14.2. The molecule has 1 aromatic carbocycles. The number of aliphatic hydroxyl groups excluding tert-OH is 1. The van der Waals surface area contributed by atoms with Crippen molar-refractivity contribution in [1.82, 2.24) is 10.2 Å². The number of nitrogens with one attached hydrogen (secondary N) is 1. The second-order valence-corrected chi connectivity index (χ2v) is 5.81. The van der Waals surface area contributed by atoms with Crippen LogP contribution in [-0.4, -0.2) is 47.8 Å². The highest BCUT2D eigenvalue weighted by atomic mass is 16.3. The summed E-state index contributed by atoms with van der Waals surface area (Å²) in [7, 11) is 1.52. The Bertz CT molecular complexity index is 718. The third kappa shape index (κ3) is 4.46. The van der Waals surface area contributed by atoms with Gasteiger partial charge in [0.15, 0.2) is 0 Å². The molecule has 0 fully saturated rings. The van der Waals surface area contributed by atoms with E-state index in [9.17, 15) is 14.4 Å². The molecule has 1 atom stereocenters. The molecule has 1 aliphatic rings. The van der Waals surface area contributed by atoms with E-state index in [1.807, 2.05) is 6.07 Å². The number of aliphatic hydroxyl groups is 1. The van der Waals surface area contributed by atoms with E-state index in [0.29, 0.717) is 31.4 Å². The zero-order valence-electron chi connectivity index (χ0n) is 14.2. The lowest BCUT2D eigenvalue weighted by molar-refractivity contribution is -0.125. The van der Waals surface area contributed by atoms with Crippen LogP contribution in [0.4, 0.5) is 0 Å². The normalized spacial score (nSPS) is 13.7. The Morgan fingerprint density at radius 3 is 2.96 bits per heavy atom. The number of rotatable bonds is 7. The minimum absolute atomic E-state index is 0.115. The largest absolute Gasteiger partial charge is 0.396 e. The van der Waals surface area contributed by atoms with Crippen molar-refractivity contribution in [3.63, 3.8) is 0 Å². The maximum atomic E-state index is 12.6. The molecule has 0 spiro atoms. The number of hydrogen-bond acceptors (Lipinski definition) is 4. The summed E-state index contributed by atoms with van der Waals surface area (Å²) in [6.07, 6.45) is 2.53. The first-order chi connectivity index (χ1) is 12.1. The van der Waals surface area contributed by atoms with Gasteiger partial charge in [-0.2, -0.15) is 0 Å². The minimum atomic E-state index is -0.658. The number of fused-ring (bicyclic) bond motifs is 1. The monoisotopic (exact) mass is 342 g/mol. The van der Waals surface area contributed by atoms with Gasteiger partial charge in [0.1, 0.15) is 12.3 Å². The third-order valence-electron chi connectivity index (χ3n) is 4.11. The summed E-state index contributed by atoms with van der Waals surface area (Å²) in [6.45, 7) is 0.446. The van der Waals surface area contributed by atoms with Crippen LogP contribution in [0, 0.1) is 11.8 Å². The summed E-state index contributed by atoms with van der Waals surface area (Å²) in [5, 5.41) is 11.3. The van der Waals surface area contributed by atoms with Crippen molar-refractivity contribution in [3.8, 4) is 11.8 Å². The van der Waals surface area contributed by atoms with E-state index in [1.165, 1.54) is 11.9 Å². The van der Waals surface area contributed by atoms with Crippen LogP contribution in [0.2, 0.25) is 0 Å². The maximum Gasteiger partial charge on any atom is 0.255 e. The van der Waals surface area contributed by atoms with E-state index in [2.05, 4.69) is 17.2 Å². The summed E-state index contributed by atoms with van der Waals surface area (Å²) >= 11 is 0. The van der Waals surface area contributed by atoms with Gasteiger partial charge in [-0.1, -0.05) is 11.8 Å². The highest BCUT2D eigenvalue weighted by Crippen LogP contribution is 2.27. The molecule has 0 saturated heterocycles. The van der Waals surface area contributed by atoms with Gasteiger partial charge in [-0.05, 0) is 36.6 Å². The number of amides is 2. The predicted octanol–water partition coefficient (Wildman–Crippen LogP) is 0.860. The molecular weight excluding hydrogens is 320 g/mol. The smallest absolute Gasteiger partial charge is 0.255 e. The molecule has 1 aromatic rings. The Hall–Kier alpha value is -2.65. The fourth-order valence-electron chi connectivity index (χ4n) is 2.83. The Kier molecular flexibility index (Phi) is 6.72. The van der Waals surface area contributed by atoms with Crippen LogP contribution in [0.25, 0.3) is 0 Å². The molecule has 6 heteroatoms. The SMILES string of the molecule is CNC(=O)C(CCC=O)N1Cc2cc(C#CCCCO)ccc2C1=O. The topological polar surface area (TPSA) is 86.7 Å². The number of carbonyl (C=O) groups excluding carboxylic acids is 3. The van der Waals surface area contributed by atoms with Crippen molar-refractivity contribution < 1.29 is 19.5 Å². The number of likely N-dealkylation sites (N-methyl/N-ethyl adjacent to an activating group) is 1. The summed E-state index contributed by atoms with van der Waals surface area (Å²) in [5.41, 5.74) is 2.20. The Morgan fingerprint density at radius 2 is 2.28 bits per heavy atom. The number of aldehydes is 1. The van der Waals surface area contributed by atoms with Crippen molar-refractivity contribution in [2.24, 2.45) is 0 Å². The highest BCUT2D eigenvalue weighted by molar-refractivity contribution is 6.01. The molecule has 2 amide bonds. The molecule has 25 heavy (non-hydrogen) atoms. The number of nitrogens with zero attached hydrogens (tertiary/aromatic N) is 1. The molecule has 132 valence electrons. The molecule has 0 bridgehead atoms. The molecular formula is C19H22N2O4. The number of carbonyl (C=O) groups is 3. The van der Waals surface area contributed by atoms with Crippen molar-refractivity contribution >= 4 is 18.1 Å². The molecule has 2 rings (SSSR count). The van der Waals surface area contributed by atoms with Crippen LogP contribution in [0.1, 0.15) is 47.2 Å². The van der Waals surface area contributed by atoms with E-state index >= 15 is 0 Å². The van der Waals surface area contributed by atoms with Gasteiger partial charge < -0.3 is 20.1 Å².